The third-order valence-electron chi connectivity index (χ3n) is 5.87. The number of hydrogen-bond acceptors (Lipinski definition) is 4. The van der Waals surface area contributed by atoms with Gasteiger partial charge in [-0.1, -0.05) is 0 Å². The molecule has 0 bridgehead atoms. The van der Waals surface area contributed by atoms with Crippen LogP contribution in [0, 0.1) is 5.92 Å². The largest absolute Gasteiger partial charge is 0.444 e. The molecule has 0 aromatic rings. The highest BCUT2D eigenvalue weighted by atomic mass is 16.6. The fourth-order valence-corrected chi connectivity index (χ4v) is 4.67. The molecule has 5 nitrogen and oxygen atoms in total. The summed E-state index contributed by atoms with van der Waals surface area (Å²) in [7, 11) is 0. The van der Waals surface area contributed by atoms with E-state index in [1.165, 1.54) is 12.8 Å². The normalized spacial score (nSPS) is 34.0. The highest BCUT2D eigenvalue weighted by molar-refractivity contribution is 5.68. The maximum atomic E-state index is 12.6. The second kappa shape index (κ2) is 8.05. The van der Waals surface area contributed by atoms with Gasteiger partial charge in [0.2, 0.25) is 0 Å². The van der Waals surface area contributed by atoms with Gasteiger partial charge in [-0.25, -0.2) is 4.79 Å². The fourth-order valence-electron chi connectivity index (χ4n) is 4.67. The molecule has 0 aromatic carbocycles. The van der Waals surface area contributed by atoms with Crippen LogP contribution in [0.3, 0.4) is 0 Å². The molecule has 1 saturated carbocycles. The molecule has 0 spiro atoms. The van der Waals surface area contributed by atoms with E-state index in [1.54, 1.807) is 0 Å². The standard InChI is InChI=1S/C21H38N2O3/c1-14-11-17(12-15(2)25-14)22-19(16-8-9-16)13-18-7-6-10-23(18)20(24)26-21(3,4)5/h14-19,22H,6-13H2,1-5H3/t14-,15+,17?,18-,19+/m0/s1. The second-order valence-corrected chi connectivity index (χ2v) is 9.74. The Balaban J connectivity index is 1.58. The van der Waals surface area contributed by atoms with E-state index in [0.29, 0.717) is 30.3 Å². The first-order valence-corrected chi connectivity index (χ1v) is 10.6. The summed E-state index contributed by atoms with van der Waals surface area (Å²) in [5.74, 6) is 0.782. The van der Waals surface area contributed by atoms with Crippen molar-refractivity contribution in [3.8, 4) is 0 Å². The van der Waals surface area contributed by atoms with Gasteiger partial charge >= 0.3 is 6.09 Å². The van der Waals surface area contributed by atoms with E-state index in [9.17, 15) is 4.79 Å². The highest BCUT2D eigenvalue weighted by Crippen LogP contribution is 2.37. The van der Waals surface area contributed by atoms with Crippen LogP contribution in [0.5, 0.6) is 0 Å². The lowest BCUT2D eigenvalue weighted by Gasteiger charge is -2.37. The molecule has 3 fully saturated rings. The number of likely N-dealkylation sites (tertiary alicyclic amines) is 1. The molecule has 5 heteroatoms. The maximum Gasteiger partial charge on any atom is 0.410 e. The topological polar surface area (TPSA) is 50.8 Å². The van der Waals surface area contributed by atoms with Crippen LogP contribution in [-0.4, -0.2) is 53.5 Å². The first-order chi connectivity index (χ1) is 12.2. The van der Waals surface area contributed by atoms with Crippen molar-refractivity contribution in [3.63, 3.8) is 0 Å². The Labute approximate surface area is 159 Å². The van der Waals surface area contributed by atoms with E-state index in [4.69, 9.17) is 9.47 Å². The van der Waals surface area contributed by atoms with E-state index in [-0.39, 0.29) is 6.09 Å². The summed E-state index contributed by atoms with van der Waals surface area (Å²) in [6, 6.07) is 1.37. The van der Waals surface area contributed by atoms with Crippen LogP contribution in [0.1, 0.15) is 79.6 Å². The second-order valence-electron chi connectivity index (χ2n) is 9.74. The molecular formula is C21H38N2O3. The summed E-state index contributed by atoms with van der Waals surface area (Å²) < 4.78 is 11.5. The zero-order chi connectivity index (χ0) is 18.9. The maximum absolute atomic E-state index is 12.6. The van der Waals surface area contributed by atoms with Crippen molar-refractivity contribution in [2.24, 2.45) is 5.92 Å². The average molecular weight is 367 g/mol. The molecule has 3 rings (SSSR count). The van der Waals surface area contributed by atoms with E-state index < -0.39 is 5.60 Å². The molecule has 0 radical (unpaired) electrons. The van der Waals surface area contributed by atoms with Crippen molar-refractivity contribution < 1.29 is 14.3 Å². The molecule has 1 unspecified atom stereocenters. The van der Waals surface area contributed by atoms with Crippen LogP contribution < -0.4 is 5.32 Å². The highest BCUT2D eigenvalue weighted by Gasteiger charge is 2.39. The molecule has 3 aliphatic rings. The van der Waals surface area contributed by atoms with Gasteiger partial charge in [-0.05, 0) is 85.5 Å². The Morgan fingerprint density at radius 1 is 1.19 bits per heavy atom. The summed E-state index contributed by atoms with van der Waals surface area (Å²) in [6.45, 7) is 11.0. The van der Waals surface area contributed by atoms with Gasteiger partial charge in [0.15, 0.2) is 0 Å². The Hall–Kier alpha value is -0.810. The smallest absolute Gasteiger partial charge is 0.410 e. The molecule has 1 N–H and O–H groups in total. The number of nitrogens with zero attached hydrogens (tertiary/aromatic N) is 1. The zero-order valence-electron chi connectivity index (χ0n) is 17.3. The molecule has 150 valence electrons. The predicted octanol–water partition coefficient (Wildman–Crippen LogP) is 4.10. The van der Waals surface area contributed by atoms with Crippen LogP contribution in [0.4, 0.5) is 4.79 Å². The molecule has 5 atom stereocenters. The van der Waals surface area contributed by atoms with Crippen LogP contribution >= 0.6 is 0 Å². The minimum atomic E-state index is -0.424. The van der Waals surface area contributed by atoms with E-state index in [2.05, 4.69) is 19.2 Å². The van der Waals surface area contributed by atoms with Gasteiger partial charge in [-0.3, -0.25) is 0 Å². The molecule has 2 aliphatic heterocycles. The number of amides is 1. The monoisotopic (exact) mass is 366 g/mol. The van der Waals surface area contributed by atoms with Crippen molar-refractivity contribution >= 4 is 6.09 Å². The summed E-state index contributed by atoms with van der Waals surface area (Å²) in [5, 5.41) is 3.95. The van der Waals surface area contributed by atoms with Crippen molar-refractivity contribution in [1.29, 1.82) is 0 Å². The lowest BCUT2D eigenvalue weighted by molar-refractivity contribution is -0.0443. The summed E-state index contributed by atoms with van der Waals surface area (Å²) >= 11 is 0. The molecule has 1 amide bonds. The SMILES string of the molecule is C[C@@H]1CC(N[C@H](C[C@@H]2CCCN2C(=O)OC(C)(C)C)C2CC2)C[C@H](C)O1. The average Bonchev–Trinajstić information content (AvgIpc) is 3.23. The van der Waals surface area contributed by atoms with Gasteiger partial charge in [-0.15, -0.1) is 0 Å². The number of nitrogens with one attached hydrogen (secondary N) is 1. The molecular weight excluding hydrogens is 328 g/mol. The number of carbonyl (C=O) groups excluding carboxylic acids is 1. The molecule has 2 saturated heterocycles. The van der Waals surface area contributed by atoms with Gasteiger partial charge in [-0.2, -0.15) is 0 Å². The van der Waals surface area contributed by atoms with E-state index >= 15 is 0 Å². The van der Waals surface area contributed by atoms with E-state index in [1.807, 2.05) is 25.7 Å². The third-order valence-corrected chi connectivity index (χ3v) is 5.87. The molecule has 0 aromatic heterocycles. The van der Waals surface area contributed by atoms with Crippen LogP contribution in [0.2, 0.25) is 0 Å². The van der Waals surface area contributed by atoms with Crippen molar-refractivity contribution in [3.05, 3.63) is 0 Å². The van der Waals surface area contributed by atoms with Gasteiger partial charge in [0.25, 0.3) is 0 Å². The van der Waals surface area contributed by atoms with Gasteiger partial charge in [0.1, 0.15) is 5.60 Å². The van der Waals surface area contributed by atoms with Gasteiger partial charge in [0, 0.05) is 24.7 Å². The lowest BCUT2D eigenvalue weighted by Crippen LogP contribution is -2.49. The number of hydrogen-bond donors (Lipinski definition) is 1. The quantitative estimate of drug-likeness (QED) is 0.796. The number of rotatable bonds is 5. The Kier molecular flexibility index (Phi) is 6.18. The minimum absolute atomic E-state index is 0.136. The molecule has 1 aliphatic carbocycles. The predicted molar refractivity (Wildman–Crippen MR) is 103 cm³/mol. The summed E-state index contributed by atoms with van der Waals surface area (Å²) in [4.78, 5) is 14.6. The number of ether oxygens (including phenoxy) is 2. The minimum Gasteiger partial charge on any atom is -0.444 e. The molecule has 26 heavy (non-hydrogen) atoms. The Morgan fingerprint density at radius 3 is 2.42 bits per heavy atom. The van der Waals surface area contributed by atoms with Gasteiger partial charge in [0.05, 0.1) is 12.2 Å². The Bertz CT molecular complexity index is 476. The van der Waals surface area contributed by atoms with Crippen molar-refractivity contribution in [2.45, 2.75) is 115 Å². The Morgan fingerprint density at radius 2 is 1.85 bits per heavy atom. The summed E-state index contributed by atoms with van der Waals surface area (Å²) in [5.41, 5.74) is -0.424. The van der Waals surface area contributed by atoms with Gasteiger partial charge < -0.3 is 19.7 Å². The van der Waals surface area contributed by atoms with Crippen LogP contribution in [0.15, 0.2) is 0 Å². The van der Waals surface area contributed by atoms with Crippen LogP contribution in [0.25, 0.3) is 0 Å². The van der Waals surface area contributed by atoms with Crippen molar-refractivity contribution in [1.82, 2.24) is 10.2 Å². The zero-order valence-corrected chi connectivity index (χ0v) is 17.3. The first-order valence-electron chi connectivity index (χ1n) is 10.6. The lowest BCUT2D eigenvalue weighted by atomic mass is 9.95. The summed E-state index contributed by atoms with van der Waals surface area (Å²) in [6.07, 6.45) is 8.62. The molecule has 2 heterocycles. The fraction of sp³-hybridized carbons (Fsp3) is 0.952. The first kappa shape index (κ1) is 19.9. The van der Waals surface area contributed by atoms with E-state index in [0.717, 1.165) is 44.6 Å². The van der Waals surface area contributed by atoms with Crippen molar-refractivity contribution in [2.75, 3.05) is 6.54 Å². The van der Waals surface area contributed by atoms with Crippen LogP contribution in [-0.2, 0) is 9.47 Å². The third kappa shape index (κ3) is 5.59. The number of carbonyl (C=O) groups is 1.